The van der Waals surface area contributed by atoms with E-state index < -0.39 is 167 Å². The summed E-state index contributed by atoms with van der Waals surface area (Å²) in [6.45, 7) is 14.0. The quantitative estimate of drug-likeness (QED) is 0.0100. The van der Waals surface area contributed by atoms with E-state index >= 15 is 9.59 Å². The molecule has 3 fully saturated rings. The third-order valence-electron chi connectivity index (χ3n) is 20.3. The summed E-state index contributed by atoms with van der Waals surface area (Å²) in [7, 11) is 0. The van der Waals surface area contributed by atoms with Crippen molar-refractivity contribution in [2.75, 3.05) is 13.2 Å². The van der Waals surface area contributed by atoms with Gasteiger partial charge in [-0.15, -0.1) is 0 Å². The predicted octanol–water partition coefficient (Wildman–Crippen LogP) is 6.10. The lowest BCUT2D eigenvalue weighted by Gasteiger charge is -2.68. The van der Waals surface area contributed by atoms with Crippen LogP contribution in [0.3, 0.4) is 0 Å². The number of carbonyl (C=O) groups excluding carboxylic acids is 11. The number of aliphatic hydroxyl groups excluding tert-OH is 1. The number of unbranched alkanes of at least 4 members (excludes halogenated alkanes) is 1. The molecule has 97 heavy (non-hydrogen) atoms. The molecule has 23 heteroatoms. The summed E-state index contributed by atoms with van der Waals surface area (Å²) >= 11 is 0. The Labute approximate surface area is 564 Å². The number of nitrogens with one attached hydrogen (secondary N) is 4. The predicted molar refractivity (Wildman–Crippen MR) is 355 cm³/mol. The first kappa shape index (κ1) is 73.6. The van der Waals surface area contributed by atoms with Crippen molar-refractivity contribution in [1.29, 1.82) is 0 Å². The van der Waals surface area contributed by atoms with E-state index in [0.717, 1.165) is 11.1 Å². The van der Waals surface area contributed by atoms with Crippen molar-refractivity contribution in [2.24, 2.45) is 45.5 Å². The first-order valence-electron chi connectivity index (χ1n) is 33.0. The summed E-state index contributed by atoms with van der Waals surface area (Å²) in [6, 6.07) is 28.3. The molecule has 1 aliphatic heterocycles. The molecule has 1 saturated heterocycles. The number of esters is 3. The van der Waals surface area contributed by atoms with Gasteiger partial charge in [0.1, 0.15) is 35.7 Å². The topological polar surface area (TPSA) is 365 Å². The average molecular weight is 1340 g/mol. The van der Waals surface area contributed by atoms with E-state index in [1.165, 1.54) is 13.0 Å². The molecule has 518 valence electrons. The molecule has 3 aliphatic carbocycles. The van der Waals surface area contributed by atoms with Crippen molar-refractivity contribution in [3.63, 3.8) is 0 Å². The van der Waals surface area contributed by atoms with Crippen LogP contribution in [0.5, 0.6) is 0 Å². The Morgan fingerprint density at radius 2 is 1.37 bits per heavy atom. The lowest BCUT2D eigenvalue weighted by molar-refractivity contribution is -0.312. The number of rotatable bonds is 29. The highest BCUT2D eigenvalue weighted by Gasteiger charge is 2.75. The van der Waals surface area contributed by atoms with Gasteiger partial charge < -0.3 is 61.9 Å². The first-order chi connectivity index (χ1) is 45.9. The zero-order valence-electron chi connectivity index (χ0n) is 56.1. The van der Waals surface area contributed by atoms with Crippen molar-refractivity contribution in [2.45, 2.75) is 174 Å². The van der Waals surface area contributed by atoms with Gasteiger partial charge in [0, 0.05) is 78.9 Å². The molecule has 10 N–H and O–H groups in total. The van der Waals surface area contributed by atoms with Crippen molar-refractivity contribution in [3.8, 4) is 0 Å². The number of benzene rings is 4. The molecule has 23 nitrogen and oxygen atoms in total. The molecular weight excluding hydrogens is 1240 g/mol. The third-order valence-corrected chi connectivity index (χ3v) is 20.3. The van der Waals surface area contributed by atoms with Gasteiger partial charge in [-0.05, 0) is 106 Å². The number of ether oxygens (including phenoxy) is 4. The van der Waals surface area contributed by atoms with Crippen LogP contribution >= 0.6 is 0 Å². The van der Waals surface area contributed by atoms with Crippen LogP contribution < -0.4 is 32.7 Å². The van der Waals surface area contributed by atoms with Crippen LogP contribution in [-0.2, 0) is 62.1 Å². The molecule has 14 atom stereocenters. The van der Waals surface area contributed by atoms with Gasteiger partial charge in [0.25, 0.3) is 5.91 Å². The number of hydrogen-bond acceptors (Lipinski definition) is 17. The van der Waals surface area contributed by atoms with Crippen LogP contribution in [0.4, 0.5) is 0 Å². The Kier molecular flexibility index (Phi) is 23.8. The fourth-order valence-corrected chi connectivity index (χ4v) is 14.6. The van der Waals surface area contributed by atoms with E-state index in [9.17, 15) is 53.4 Å². The molecule has 2 bridgehead atoms. The minimum Gasteiger partial charge on any atom is -0.455 e. The highest BCUT2D eigenvalue weighted by Crippen LogP contribution is 2.66. The fraction of sp³-hybridized carbons (Fsp3) is 0.473. The molecule has 2 unspecified atom stereocenters. The number of aryl methyl sites for hydroxylation is 1. The smallest absolute Gasteiger partial charge is 0.350 e. The van der Waals surface area contributed by atoms with E-state index in [4.69, 9.17) is 30.4 Å². The lowest BCUT2D eigenvalue weighted by Crippen LogP contribution is -2.77. The molecule has 0 aromatic heterocycles. The lowest BCUT2D eigenvalue weighted by atomic mass is 9.41. The van der Waals surface area contributed by atoms with Gasteiger partial charge in [-0.3, -0.25) is 43.2 Å². The van der Waals surface area contributed by atoms with Crippen molar-refractivity contribution >= 4 is 71.0 Å². The van der Waals surface area contributed by atoms with Crippen LogP contribution in [0.1, 0.15) is 156 Å². The second-order valence-electron chi connectivity index (χ2n) is 27.2. The van der Waals surface area contributed by atoms with E-state index in [-0.39, 0.29) is 75.0 Å². The molecule has 6 amide bonds. The van der Waals surface area contributed by atoms with Crippen LogP contribution in [0.15, 0.2) is 132 Å². The van der Waals surface area contributed by atoms with Gasteiger partial charge in [-0.2, -0.15) is 0 Å². The first-order valence-corrected chi connectivity index (χ1v) is 33.0. The number of nitrogens with two attached hydrogens (primary N) is 2. The number of carbonyl (C=O) groups is 11. The van der Waals surface area contributed by atoms with E-state index in [1.54, 1.807) is 132 Å². The van der Waals surface area contributed by atoms with Crippen LogP contribution in [0.2, 0.25) is 0 Å². The summed E-state index contributed by atoms with van der Waals surface area (Å²) in [5, 5.41) is 36.7. The van der Waals surface area contributed by atoms with Gasteiger partial charge in [0.15, 0.2) is 5.78 Å². The van der Waals surface area contributed by atoms with Gasteiger partial charge in [-0.1, -0.05) is 124 Å². The Hall–Kier alpha value is -9.19. The summed E-state index contributed by atoms with van der Waals surface area (Å²) in [6.07, 6.45) is -5.35. The molecule has 4 aromatic rings. The number of amides is 6. The number of fused-ring (bicyclic) bond motifs is 5. The second kappa shape index (κ2) is 31.3. The molecule has 0 radical (unpaired) electrons. The van der Waals surface area contributed by atoms with Crippen molar-refractivity contribution in [1.82, 2.24) is 21.3 Å². The summed E-state index contributed by atoms with van der Waals surface area (Å²) in [5.41, 5.74) is 8.42. The molecule has 8 rings (SSSR count). The number of hydrogen-bond donors (Lipinski definition) is 8. The standard InChI is InChI=1S/C74H90N6O17/c1-42-27-29-46(30-28-42)31-33-57(84)78-45(4)52(81)38-50(66(75)88)32-34-58(85)79-51(67(76)89)26-18-19-37-77-56(83)35-36-59(86)96-62(61(47-20-12-9-13-21-47)80-68(90)48-22-14-10-15-23-48)70(92)95-53-40-74(93)65(97-69(91)49-24-16-11-17-25-49)63-72(7)41-94-55(72)39-54(82)73(63,8)64(87)44(3)60(43(53)2)71(74,5)6/h9-17,20-25,27-31,33,44-45,50-51,53-55,61-63,65,82,93H,18-19,26,32,34-41H2,1-8H3,(H2,75,88)(H2,76,89)(H,77,83)(H,78,84)(H,79,85)(H,80,90)/b33-31+/t44-,45?,50-,51?,53+,54+,55-,61-,62-,63-,65+,72-,73-,74-/m1/s1. The molecule has 4 aliphatic rings. The number of aliphatic hydroxyl groups is 2. The zero-order chi connectivity index (χ0) is 70.7. The summed E-state index contributed by atoms with van der Waals surface area (Å²) < 4.78 is 25.1. The van der Waals surface area contributed by atoms with Gasteiger partial charge in [0.05, 0.1) is 42.3 Å². The van der Waals surface area contributed by atoms with Crippen molar-refractivity contribution in [3.05, 3.63) is 160 Å². The minimum atomic E-state index is -2.16. The minimum absolute atomic E-state index is 0.0597. The second-order valence-corrected chi connectivity index (χ2v) is 27.2. The summed E-state index contributed by atoms with van der Waals surface area (Å²) in [5.74, 6) is -11.1. The van der Waals surface area contributed by atoms with Crippen LogP contribution in [0.25, 0.3) is 6.08 Å². The number of primary amides is 2. The Bertz CT molecular complexity index is 3660. The maximum absolute atomic E-state index is 15.5. The number of Topliss-reactive ketones (excluding diaryl/α,β-unsaturated/α-hetero) is 2. The summed E-state index contributed by atoms with van der Waals surface area (Å²) in [4.78, 5) is 150. The molecular formula is C74H90N6O17. The van der Waals surface area contributed by atoms with E-state index in [1.807, 2.05) is 38.1 Å². The van der Waals surface area contributed by atoms with Crippen molar-refractivity contribution < 1.29 is 81.9 Å². The Balaban J connectivity index is 0.933. The van der Waals surface area contributed by atoms with Crippen LogP contribution in [0, 0.1) is 40.9 Å². The fourth-order valence-electron chi connectivity index (χ4n) is 14.6. The van der Waals surface area contributed by atoms with Gasteiger partial charge in [-0.25, -0.2) is 9.59 Å². The maximum atomic E-state index is 15.5. The molecule has 2 saturated carbocycles. The molecule has 4 aromatic carbocycles. The highest BCUT2D eigenvalue weighted by atomic mass is 16.6. The largest absolute Gasteiger partial charge is 0.455 e. The number of ketones is 2. The van der Waals surface area contributed by atoms with E-state index in [2.05, 4.69) is 21.3 Å². The van der Waals surface area contributed by atoms with Crippen LogP contribution in [-0.4, -0.2) is 136 Å². The van der Waals surface area contributed by atoms with Gasteiger partial charge in [0.2, 0.25) is 35.6 Å². The zero-order valence-corrected chi connectivity index (χ0v) is 56.1. The average Bonchev–Trinajstić information content (AvgIpc) is 0.674. The van der Waals surface area contributed by atoms with Gasteiger partial charge >= 0.3 is 17.9 Å². The molecule has 1 heterocycles. The van der Waals surface area contributed by atoms with E-state index in [0.29, 0.717) is 16.7 Å². The Morgan fingerprint density at radius 1 is 0.742 bits per heavy atom. The monoisotopic (exact) mass is 1330 g/mol. The highest BCUT2D eigenvalue weighted by molar-refractivity contribution is 5.98. The SMILES string of the molecule is CC1=C2[C@@H](C)C(=O)[C@@]3(C)[C@H]([C@H](OC(=O)c4ccccc4)[C@](O)(C[C@@H]1OC(=O)[C@H](OC(=O)CCC(=O)NCCCCC(NC(=O)CC[C@H](CC(=O)C(C)NC(=O)/C=C/c1ccc(C)cc1)C(N)=O)C(N)=O)[C@H](NC(=O)c1ccccc1)c1ccccc1)C2(C)C)[C@]1(C)CO[C@@H]1C[C@@H]3O. The normalized spacial score (nSPS) is 25.4. The molecule has 0 spiro atoms. The Morgan fingerprint density at radius 3 is 1.98 bits per heavy atom. The third kappa shape index (κ3) is 16.6. The maximum Gasteiger partial charge on any atom is 0.350 e.